The van der Waals surface area contributed by atoms with E-state index in [1.165, 1.54) is 0 Å². The van der Waals surface area contributed by atoms with Crippen LogP contribution in [-0.2, 0) is 0 Å². The largest absolute Gasteiger partial charge is 0.322 e. The molecule has 0 aromatic carbocycles. The summed E-state index contributed by atoms with van der Waals surface area (Å²) in [6.45, 7) is 0. The van der Waals surface area contributed by atoms with Crippen LogP contribution in [0.25, 0.3) is 5.52 Å². The molecule has 2 rings (SSSR count). The summed E-state index contributed by atoms with van der Waals surface area (Å²) in [5, 5.41) is 17.4. The average Bonchev–Trinajstić information content (AvgIpc) is 2.59. The van der Waals surface area contributed by atoms with Crippen molar-refractivity contribution in [2.45, 2.75) is 0 Å². The summed E-state index contributed by atoms with van der Waals surface area (Å²) in [6, 6.07) is 9.26. The fraction of sp³-hybridized carbons (Fsp3) is 0. The molecule has 0 atom stereocenters. The number of nitrogens with zero attached hydrogens (tertiary/aromatic N) is 3. The van der Waals surface area contributed by atoms with Gasteiger partial charge in [0, 0.05) is 12.4 Å². The van der Waals surface area contributed by atoms with Gasteiger partial charge in [0.25, 0.3) is 0 Å². The van der Waals surface area contributed by atoms with Crippen molar-refractivity contribution in [3.05, 3.63) is 41.7 Å². The van der Waals surface area contributed by atoms with E-state index in [-0.39, 0.29) is 0 Å². The quantitative estimate of drug-likeness (QED) is 0.599. The Hall–Kier alpha value is -2.26. The fourth-order valence-electron chi connectivity index (χ4n) is 1.26. The maximum atomic E-state index is 8.74. The molecule has 0 saturated carbocycles. The highest BCUT2D eigenvalue weighted by molar-refractivity contribution is 5.63. The molecule has 0 aliphatic rings. The summed E-state index contributed by atoms with van der Waals surface area (Å²) < 4.78 is 1.82. The average molecular weight is 167 g/mol. The lowest BCUT2D eigenvalue weighted by molar-refractivity contribution is 1.19. The molecule has 0 aliphatic heterocycles. The van der Waals surface area contributed by atoms with Crippen LogP contribution in [0.5, 0.6) is 0 Å². The first-order chi connectivity index (χ1) is 6.35. The minimum atomic E-state index is 0.572. The topological polar surface area (TPSA) is 52.0 Å². The molecule has 0 radical (unpaired) electrons. The normalized spacial score (nSPS) is 9.38. The maximum absolute atomic E-state index is 8.74. The highest BCUT2D eigenvalue weighted by Crippen LogP contribution is 2.12. The number of hydrogen-bond acceptors (Lipinski definition) is 2. The van der Waals surface area contributed by atoms with Crippen molar-refractivity contribution in [1.29, 1.82) is 10.5 Å². The second kappa shape index (κ2) is 2.66. The van der Waals surface area contributed by atoms with Gasteiger partial charge >= 0.3 is 0 Å². The van der Waals surface area contributed by atoms with Gasteiger partial charge in [-0.2, -0.15) is 10.5 Å². The zero-order valence-electron chi connectivity index (χ0n) is 6.73. The van der Waals surface area contributed by atoms with E-state index in [0.29, 0.717) is 11.1 Å². The van der Waals surface area contributed by atoms with Gasteiger partial charge in [-0.05, 0) is 18.2 Å². The predicted molar refractivity (Wildman–Crippen MR) is 46.8 cm³/mol. The van der Waals surface area contributed by atoms with E-state index in [1.807, 2.05) is 10.5 Å². The Balaban J connectivity index is 2.83. The summed E-state index contributed by atoms with van der Waals surface area (Å²) in [5.74, 6) is 0. The van der Waals surface area contributed by atoms with E-state index in [4.69, 9.17) is 10.5 Å². The van der Waals surface area contributed by atoms with Gasteiger partial charge in [0.1, 0.15) is 6.07 Å². The zero-order valence-corrected chi connectivity index (χ0v) is 6.73. The first-order valence-corrected chi connectivity index (χ1v) is 3.76. The molecule has 0 bridgehead atoms. The molecule has 0 amide bonds. The lowest BCUT2D eigenvalue weighted by atomic mass is 10.2. The van der Waals surface area contributed by atoms with Crippen LogP contribution in [0.3, 0.4) is 0 Å². The number of hydrogen-bond donors (Lipinski definition) is 0. The highest BCUT2D eigenvalue weighted by atomic mass is 14.8. The fourth-order valence-corrected chi connectivity index (χ4v) is 1.26. The van der Waals surface area contributed by atoms with Crippen LogP contribution in [0.15, 0.2) is 30.6 Å². The third kappa shape index (κ3) is 1.04. The Kier molecular flexibility index (Phi) is 1.51. The molecule has 13 heavy (non-hydrogen) atoms. The van der Waals surface area contributed by atoms with Crippen LogP contribution < -0.4 is 0 Å². The summed E-state index contributed by atoms with van der Waals surface area (Å²) in [7, 11) is 0. The Morgan fingerprint density at radius 2 is 1.85 bits per heavy atom. The van der Waals surface area contributed by atoms with Crippen LogP contribution >= 0.6 is 0 Å². The van der Waals surface area contributed by atoms with Gasteiger partial charge in [-0.25, -0.2) is 0 Å². The van der Waals surface area contributed by atoms with Crippen molar-refractivity contribution in [2.75, 3.05) is 0 Å². The van der Waals surface area contributed by atoms with Crippen LogP contribution in [0, 0.1) is 22.7 Å². The smallest absolute Gasteiger partial charge is 0.101 e. The second-order valence-electron chi connectivity index (χ2n) is 2.66. The van der Waals surface area contributed by atoms with Crippen molar-refractivity contribution in [3.63, 3.8) is 0 Å². The van der Waals surface area contributed by atoms with E-state index in [2.05, 4.69) is 6.07 Å². The summed E-state index contributed by atoms with van der Waals surface area (Å²) in [5.41, 5.74) is 1.95. The Morgan fingerprint density at radius 3 is 2.54 bits per heavy atom. The molecule has 0 saturated heterocycles. The molecule has 0 fully saturated rings. The van der Waals surface area contributed by atoms with Crippen molar-refractivity contribution in [1.82, 2.24) is 4.40 Å². The van der Waals surface area contributed by atoms with Gasteiger partial charge in [0.15, 0.2) is 0 Å². The minimum absolute atomic E-state index is 0.572. The molecule has 3 nitrogen and oxygen atoms in total. The number of nitriles is 2. The number of pyridine rings is 1. The van der Waals surface area contributed by atoms with E-state index in [1.54, 1.807) is 30.6 Å². The Morgan fingerprint density at radius 1 is 1.08 bits per heavy atom. The third-order valence-corrected chi connectivity index (χ3v) is 1.91. The van der Waals surface area contributed by atoms with Crippen molar-refractivity contribution in [3.8, 4) is 12.1 Å². The summed E-state index contributed by atoms with van der Waals surface area (Å²) in [6.07, 6.45) is 3.57. The van der Waals surface area contributed by atoms with Crippen LogP contribution in [-0.4, -0.2) is 4.40 Å². The summed E-state index contributed by atoms with van der Waals surface area (Å²) >= 11 is 0. The van der Waals surface area contributed by atoms with Gasteiger partial charge in [-0.1, -0.05) is 0 Å². The van der Waals surface area contributed by atoms with Gasteiger partial charge < -0.3 is 4.40 Å². The van der Waals surface area contributed by atoms with Gasteiger partial charge in [0.05, 0.1) is 22.7 Å². The Bertz CT molecular complexity index is 537. The molecule has 0 spiro atoms. The lowest BCUT2D eigenvalue weighted by Crippen LogP contribution is -1.83. The minimum Gasteiger partial charge on any atom is -0.322 e. The monoisotopic (exact) mass is 167 g/mol. The predicted octanol–water partition coefficient (Wildman–Crippen LogP) is 1.68. The SMILES string of the molecule is N#Cc1ccn2ccc(C#N)c2c1. The van der Waals surface area contributed by atoms with Crippen molar-refractivity contribution in [2.24, 2.45) is 0 Å². The molecule has 2 aromatic rings. The standard InChI is InChI=1S/C10H5N3/c11-6-8-1-3-13-4-2-9(7-12)10(13)5-8/h1-5H. The van der Waals surface area contributed by atoms with Crippen molar-refractivity contribution >= 4 is 5.52 Å². The van der Waals surface area contributed by atoms with Crippen molar-refractivity contribution < 1.29 is 0 Å². The molecule has 0 unspecified atom stereocenters. The first kappa shape index (κ1) is 7.39. The van der Waals surface area contributed by atoms with E-state index >= 15 is 0 Å². The number of aromatic nitrogens is 1. The second-order valence-corrected chi connectivity index (χ2v) is 2.66. The molecule has 3 heteroatoms. The van der Waals surface area contributed by atoms with Crippen LogP contribution in [0.2, 0.25) is 0 Å². The zero-order chi connectivity index (χ0) is 9.26. The van der Waals surface area contributed by atoms with Gasteiger partial charge in [0.2, 0.25) is 0 Å². The summed E-state index contributed by atoms with van der Waals surface area (Å²) in [4.78, 5) is 0. The van der Waals surface area contributed by atoms with E-state index < -0.39 is 0 Å². The van der Waals surface area contributed by atoms with E-state index in [0.717, 1.165) is 5.52 Å². The molecule has 60 valence electrons. The number of rotatable bonds is 0. The first-order valence-electron chi connectivity index (χ1n) is 3.76. The van der Waals surface area contributed by atoms with E-state index in [9.17, 15) is 0 Å². The van der Waals surface area contributed by atoms with Gasteiger partial charge in [-0.3, -0.25) is 0 Å². The van der Waals surface area contributed by atoms with Crippen LogP contribution in [0.1, 0.15) is 11.1 Å². The molecule has 0 N–H and O–H groups in total. The molecular formula is C10H5N3. The molecule has 2 aromatic heterocycles. The highest BCUT2D eigenvalue weighted by Gasteiger charge is 2.01. The third-order valence-electron chi connectivity index (χ3n) is 1.91. The maximum Gasteiger partial charge on any atom is 0.101 e. The molecule has 0 aliphatic carbocycles. The molecule has 2 heterocycles. The molecular weight excluding hydrogens is 162 g/mol. The van der Waals surface area contributed by atoms with Gasteiger partial charge in [-0.15, -0.1) is 0 Å². The lowest BCUT2D eigenvalue weighted by Gasteiger charge is -1.94. The Labute approximate surface area is 75.1 Å². The number of fused-ring (bicyclic) bond motifs is 1. The van der Waals surface area contributed by atoms with Crippen LogP contribution in [0.4, 0.5) is 0 Å².